The molecule has 20 heavy (non-hydrogen) atoms. The first-order valence-electron chi connectivity index (χ1n) is 7.69. The van der Waals surface area contributed by atoms with Crippen molar-refractivity contribution in [1.29, 1.82) is 0 Å². The molecule has 1 aliphatic rings. The van der Waals surface area contributed by atoms with E-state index in [0.717, 1.165) is 25.7 Å². The van der Waals surface area contributed by atoms with E-state index in [0.29, 0.717) is 17.9 Å². The van der Waals surface area contributed by atoms with E-state index in [9.17, 15) is 9.59 Å². The maximum Gasteiger partial charge on any atom is 0.303 e. The van der Waals surface area contributed by atoms with E-state index in [1.165, 1.54) is 0 Å². The molecule has 4 nitrogen and oxygen atoms in total. The second kappa shape index (κ2) is 7.09. The number of nitrogens with one attached hydrogen (secondary N) is 1. The molecule has 0 heterocycles. The predicted molar refractivity (Wildman–Crippen MR) is 79.3 cm³/mol. The van der Waals surface area contributed by atoms with Gasteiger partial charge in [-0.25, -0.2) is 0 Å². The number of carbonyl (C=O) groups is 2. The Labute approximate surface area is 122 Å². The maximum absolute atomic E-state index is 12.1. The van der Waals surface area contributed by atoms with Crippen LogP contribution in [0.2, 0.25) is 0 Å². The molecule has 1 unspecified atom stereocenters. The third-order valence-corrected chi connectivity index (χ3v) is 4.47. The summed E-state index contributed by atoms with van der Waals surface area (Å²) < 4.78 is 0. The summed E-state index contributed by atoms with van der Waals surface area (Å²) in [5.41, 5.74) is 0.331. The van der Waals surface area contributed by atoms with Gasteiger partial charge >= 0.3 is 5.97 Å². The first-order chi connectivity index (χ1) is 9.20. The smallest absolute Gasteiger partial charge is 0.303 e. The molecule has 0 aromatic heterocycles. The average Bonchev–Trinajstić information content (AvgIpc) is 2.34. The van der Waals surface area contributed by atoms with Crippen molar-refractivity contribution in [3.8, 4) is 0 Å². The number of carboxylic acids is 1. The number of aliphatic carboxylic acids is 1. The van der Waals surface area contributed by atoms with Crippen LogP contribution in [0.5, 0.6) is 0 Å². The van der Waals surface area contributed by atoms with Gasteiger partial charge in [-0.2, -0.15) is 0 Å². The van der Waals surface area contributed by atoms with Gasteiger partial charge in [-0.3, -0.25) is 9.59 Å². The topological polar surface area (TPSA) is 66.4 Å². The van der Waals surface area contributed by atoms with E-state index in [-0.39, 0.29) is 24.2 Å². The monoisotopic (exact) mass is 283 g/mol. The SMILES string of the molecule is CC(CNC(=O)C1CCC(C(C)(C)C)CC1)CC(=O)O. The number of carboxylic acid groups (broad SMARTS) is 1. The molecule has 1 aliphatic carbocycles. The van der Waals surface area contributed by atoms with Gasteiger partial charge in [0, 0.05) is 18.9 Å². The summed E-state index contributed by atoms with van der Waals surface area (Å²) in [5.74, 6) is 0.109. The van der Waals surface area contributed by atoms with Crippen LogP contribution in [0.25, 0.3) is 0 Å². The molecule has 116 valence electrons. The Bertz CT molecular complexity index is 338. The second-order valence-corrected chi connectivity index (χ2v) is 7.36. The molecule has 0 bridgehead atoms. The highest BCUT2D eigenvalue weighted by atomic mass is 16.4. The Morgan fingerprint density at radius 2 is 1.75 bits per heavy atom. The second-order valence-electron chi connectivity index (χ2n) is 7.36. The van der Waals surface area contributed by atoms with Gasteiger partial charge in [-0.1, -0.05) is 27.7 Å². The first kappa shape index (κ1) is 17.0. The van der Waals surface area contributed by atoms with Crippen molar-refractivity contribution in [1.82, 2.24) is 5.32 Å². The van der Waals surface area contributed by atoms with Crippen LogP contribution < -0.4 is 5.32 Å². The quantitative estimate of drug-likeness (QED) is 0.815. The van der Waals surface area contributed by atoms with E-state index in [2.05, 4.69) is 26.1 Å². The zero-order valence-corrected chi connectivity index (χ0v) is 13.2. The van der Waals surface area contributed by atoms with Crippen LogP contribution >= 0.6 is 0 Å². The molecule has 0 spiro atoms. The minimum Gasteiger partial charge on any atom is -0.481 e. The molecule has 1 amide bonds. The van der Waals surface area contributed by atoms with Crippen molar-refractivity contribution in [3.05, 3.63) is 0 Å². The molecule has 0 aromatic carbocycles. The highest BCUT2D eigenvalue weighted by Crippen LogP contribution is 2.39. The van der Waals surface area contributed by atoms with Crippen LogP contribution in [0, 0.1) is 23.2 Å². The van der Waals surface area contributed by atoms with E-state index in [1.54, 1.807) is 0 Å². The van der Waals surface area contributed by atoms with Gasteiger partial charge in [0.05, 0.1) is 0 Å². The Hall–Kier alpha value is -1.06. The third kappa shape index (κ3) is 5.51. The summed E-state index contributed by atoms with van der Waals surface area (Å²) in [6.07, 6.45) is 4.26. The van der Waals surface area contributed by atoms with E-state index in [1.807, 2.05) is 6.92 Å². The van der Waals surface area contributed by atoms with E-state index >= 15 is 0 Å². The summed E-state index contributed by atoms with van der Waals surface area (Å²) in [7, 11) is 0. The fourth-order valence-corrected chi connectivity index (χ4v) is 3.01. The minimum atomic E-state index is -0.808. The Kier molecular flexibility index (Phi) is 6.03. The lowest BCUT2D eigenvalue weighted by Gasteiger charge is -2.36. The highest BCUT2D eigenvalue weighted by molar-refractivity contribution is 5.78. The molecular weight excluding hydrogens is 254 g/mol. The lowest BCUT2D eigenvalue weighted by Crippen LogP contribution is -2.37. The predicted octanol–water partition coefficient (Wildman–Crippen LogP) is 3.07. The number of hydrogen-bond acceptors (Lipinski definition) is 2. The number of rotatable bonds is 5. The fourth-order valence-electron chi connectivity index (χ4n) is 3.01. The maximum atomic E-state index is 12.1. The number of hydrogen-bond donors (Lipinski definition) is 2. The molecule has 4 heteroatoms. The lowest BCUT2D eigenvalue weighted by molar-refractivity contribution is -0.138. The Balaban J connectivity index is 2.31. The highest BCUT2D eigenvalue weighted by Gasteiger charge is 2.32. The van der Waals surface area contributed by atoms with Gasteiger partial charge in [0.25, 0.3) is 0 Å². The molecule has 0 radical (unpaired) electrons. The summed E-state index contributed by atoms with van der Waals surface area (Å²) in [5, 5.41) is 11.6. The van der Waals surface area contributed by atoms with Crippen LogP contribution in [0.3, 0.4) is 0 Å². The van der Waals surface area contributed by atoms with Crippen LogP contribution in [0.4, 0.5) is 0 Å². The van der Waals surface area contributed by atoms with Gasteiger partial charge in [0.1, 0.15) is 0 Å². The van der Waals surface area contributed by atoms with Crippen LogP contribution in [-0.4, -0.2) is 23.5 Å². The van der Waals surface area contributed by atoms with Crippen molar-refractivity contribution in [2.24, 2.45) is 23.2 Å². The van der Waals surface area contributed by atoms with Crippen molar-refractivity contribution >= 4 is 11.9 Å². The summed E-state index contributed by atoms with van der Waals surface area (Å²) in [4.78, 5) is 22.7. The summed E-state index contributed by atoms with van der Waals surface area (Å²) in [6.45, 7) is 9.12. The lowest BCUT2D eigenvalue weighted by atomic mass is 9.69. The van der Waals surface area contributed by atoms with Gasteiger partial charge in [-0.15, -0.1) is 0 Å². The average molecular weight is 283 g/mol. The van der Waals surface area contributed by atoms with Crippen molar-refractivity contribution in [3.63, 3.8) is 0 Å². The summed E-state index contributed by atoms with van der Waals surface area (Å²) in [6, 6.07) is 0. The van der Waals surface area contributed by atoms with Crippen molar-refractivity contribution in [2.75, 3.05) is 6.54 Å². The third-order valence-electron chi connectivity index (χ3n) is 4.47. The van der Waals surface area contributed by atoms with Crippen molar-refractivity contribution < 1.29 is 14.7 Å². The molecular formula is C16H29NO3. The minimum absolute atomic E-state index is 0.0117. The van der Waals surface area contributed by atoms with Crippen LogP contribution in [0.1, 0.15) is 59.8 Å². The number of amides is 1. The first-order valence-corrected chi connectivity index (χ1v) is 7.69. The number of carbonyl (C=O) groups excluding carboxylic acids is 1. The largest absolute Gasteiger partial charge is 0.481 e. The van der Waals surface area contributed by atoms with Gasteiger partial charge in [-0.05, 0) is 42.9 Å². The fraction of sp³-hybridized carbons (Fsp3) is 0.875. The molecule has 1 fully saturated rings. The standard InChI is InChI=1S/C16H29NO3/c1-11(9-14(18)19)10-17-15(20)12-5-7-13(8-6-12)16(2,3)4/h11-13H,5-10H2,1-4H3,(H,17,20)(H,18,19). The molecule has 1 rings (SSSR count). The van der Waals surface area contributed by atoms with E-state index in [4.69, 9.17) is 5.11 Å². The Morgan fingerprint density at radius 3 is 2.20 bits per heavy atom. The van der Waals surface area contributed by atoms with Gasteiger partial charge < -0.3 is 10.4 Å². The molecule has 1 atom stereocenters. The normalized spacial score (nSPS) is 25.0. The molecule has 0 saturated heterocycles. The van der Waals surface area contributed by atoms with Gasteiger partial charge in [0.15, 0.2) is 0 Å². The molecule has 2 N–H and O–H groups in total. The van der Waals surface area contributed by atoms with Crippen molar-refractivity contribution in [2.45, 2.75) is 59.8 Å². The molecule has 0 aromatic rings. The zero-order valence-electron chi connectivity index (χ0n) is 13.2. The summed E-state index contributed by atoms with van der Waals surface area (Å²) >= 11 is 0. The van der Waals surface area contributed by atoms with Gasteiger partial charge in [0.2, 0.25) is 5.91 Å². The molecule has 0 aliphatic heterocycles. The van der Waals surface area contributed by atoms with Crippen LogP contribution in [-0.2, 0) is 9.59 Å². The van der Waals surface area contributed by atoms with Crippen LogP contribution in [0.15, 0.2) is 0 Å². The zero-order chi connectivity index (χ0) is 15.3. The van der Waals surface area contributed by atoms with E-state index < -0.39 is 5.97 Å². The molecule has 1 saturated carbocycles. The Morgan fingerprint density at radius 1 is 1.20 bits per heavy atom.